The molecule has 2 rings (SSSR count). The van der Waals surface area contributed by atoms with E-state index >= 15 is 0 Å². The van der Waals surface area contributed by atoms with Gasteiger partial charge in [-0.15, -0.1) is 11.3 Å². The number of nitrogens with zero attached hydrogens (tertiary/aromatic N) is 2. The van der Waals surface area contributed by atoms with E-state index in [0.29, 0.717) is 5.92 Å². The molecule has 1 aliphatic carbocycles. The summed E-state index contributed by atoms with van der Waals surface area (Å²) < 4.78 is 24.1. The second-order valence-electron chi connectivity index (χ2n) is 5.48. The molecular weight excluding hydrogens is 296 g/mol. The molecule has 0 aromatic carbocycles. The maximum Gasteiger partial charge on any atom is 0.238 e. The van der Waals surface area contributed by atoms with Crippen molar-refractivity contribution in [2.75, 3.05) is 12.8 Å². The minimum atomic E-state index is -3.59. The van der Waals surface area contributed by atoms with Crippen molar-refractivity contribution in [3.8, 4) is 0 Å². The van der Waals surface area contributed by atoms with Crippen LogP contribution < -0.4 is 0 Å². The molecular formula is C13H20N2O3S2. The molecule has 0 aliphatic heterocycles. The zero-order valence-electron chi connectivity index (χ0n) is 11.8. The highest BCUT2D eigenvalue weighted by Gasteiger charge is 2.29. The maximum absolute atomic E-state index is 12.2. The van der Waals surface area contributed by atoms with Crippen LogP contribution >= 0.6 is 11.3 Å². The number of hydrogen-bond acceptors (Lipinski definition) is 5. The molecule has 1 fully saturated rings. The summed E-state index contributed by atoms with van der Waals surface area (Å²) in [4.78, 5) is 17.5. The van der Waals surface area contributed by atoms with Crippen LogP contribution in [0.4, 0.5) is 0 Å². The Morgan fingerprint density at radius 2 is 2.05 bits per heavy atom. The Morgan fingerprint density at radius 1 is 1.40 bits per heavy atom. The zero-order chi connectivity index (χ0) is 14.8. The molecule has 7 heteroatoms. The summed E-state index contributed by atoms with van der Waals surface area (Å²) >= 11 is 1.05. The van der Waals surface area contributed by atoms with Gasteiger partial charge < -0.3 is 4.90 Å². The molecule has 112 valence electrons. The van der Waals surface area contributed by atoms with Crippen LogP contribution in [-0.4, -0.2) is 43.1 Å². The minimum absolute atomic E-state index is 0.0246. The van der Waals surface area contributed by atoms with Gasteiger partial charge in [-0.25, -0.2) is 13.4 Å². The highest BCUT2D eigenvalue weighted by Crippen LogP contribution is 2.26. The second kappa shape index (κ2) is 6.22. The summed E-state index contributed by atoms with van der Waals surface area (Å²) in [5.74, 6) is -0.114. The summed E-state index contributed by atoms with van der Waals surface area (Å²) in [5.41, 5.74) is 0. The molecule has 0 saturated heterocycles. The first-order valence-electron chi connectivity index (χ1n) is 6.78. The average molecular weight is 316 g/mol. The summed E-state index contributed by atoms with van der Waals surface area (Å²) in [6.07, 6.45) is 5.55. The van der Waals surface area contributed by atoms with Crippen molar-refractivity contribution < 1.29 is 13.2 Å². The molecule has 0 spiro atoms. The van der Waals surface area contributed by atoms with E-state index in [1.165, 1.54) is 6.20 Å². The molecule has 1 aromatic rings. The number of thiazole rings is 1. The van der Waals surface area contributed by atoms with Gasteiger partial charge in [0.2, 0.25) is 20.1 Å². The molecule has 0 unspecified atom stereocenters. The van der Waals surface area contributed by atoms with Gasteiger partial charge in [-0.1, -0.05) is 6.92 Å². The van der Waals surface area contributed by atoms with Gasteiger partial charge in [0.1, 0.15) is 5.75 Å². The van der Waals surface area contributed by atoms with Crippen LogP contribution in [0.5, 0.6) is 0 Å². The van der Waals surface area contributed by atoms with E-state index in [0.717, 1.165) is 37.0 Å². The van der Waals surface area contributed by atoms with Crippen LogP contribution in [0.25, 0.3) is 0 Å². The SMILES string of the molecule is CC1CCC(N(C)C(=O)CS(=O)(=O)c2nccs2)CC1. The van der Waals surface area contributed by atoms with Crippen LogP contribution in [-0.2, 0) is 14.6 Å². The number of carbonyl (C=O) groups excluding carboxylic acids is 1. The average Bonchev–Trinajstić information content (AvgIpc) is 2.93. The number of hydrogen-bond donors (Lipinski definition) is 0. The lowest BCUT2D eigenvalue weighted by Gasteiger charge is -2.33. The largest absolute Gasteiger partial charge is 0.342 e. The van der Waals surface area contributed by atoms with E-state index in [1.807, 2.05) is 0 Å². The molecule has 1 aliphatic rings. The van der Waals surface area contributed by atoms with Gasteiger partial charge in [-0.2, -0.15) is 0 Å². The predicted octanol–water partition coefficient (Wildman–Crippen LogP) is 1.95. The molecule has 1 aromatic heterocycles. The molecule has 0 bridgehead atoms. The third-order valence-corrected chi connectivity index (χ3v) is 6.80. The fraction of sp³-hybridized carbons (Fsp3) is 0.692. The van der Waals surface area contributed by atoms with Crippen molar-refractivity contribution in [3.05, 3.63) is 11.6 Å². The maximum atomic E-state index is 12.2. The number of carbonyl (C=O) groups is 1. The molecule has 5 nitrogen and oxygen atoms in total. The molecule has 1 saturated carbocycles. The topological polar surface area (TPSA) is 67.3 Å². The van der Waals surface area contributed by atoms with E-state index < -0.39 is 15.6 Å². The fourth-order valence-corrected chi connectivity index (χ4v) is 4.69. The molecule has 1 amide bonds. The Labute approximate surface area is 123 Å². The Morgan fingerprint density at radius 3 is 2.60 bits per heavy atom. The first-order chi connectivity index (χ1) is 9.40. The minimum Gasteiger partial charge on any atom is -0.342 e. The highest BCUT2D eigenvalue weighted by atomic mass is 32.2. The quantitative estimate of drug-likeness (QED) is 0.851. The summed E-state index contributed by atoms with van der Waals surface area (Å²) in [6.45, 7) is 2.21. The Balaban J connectivity index is 1.98. The lowest BCUT2D eigenvalue weighted by molar-refractivity contribution is -0.129. The van der Waals surface area contributed by atoms with Gasteiger partial charge in [0, 0.05) is 24.7 Å². The van der Waals surface area contributed by atoms with Crippen molar-refractivity contribution >= 4 is 27.1 Å². The van der Waals surface area contributed by atoms with Crippen LogP contribution in [0.3, 0.4) is 0 Å². The van der Waals surface area contributed by atoms with Crippen LogP contribution in [0, 0.1) is 5.92 Å². The first kappa shape index (κ1) is 15.4. The molecule has 20 heavy (non-hydrogen) atoms. The van der Waals surface area contributed by atoms with Gasteiger partial charge in [-0.3, -0.25) is 4.79 Å². The monoisotopic (exact) mass is 316 g/mol. The molecule has 0 N–H and O–H groups in total. The van der Waals surface area contributed by atoms with Crippen molar-refractivity contribution in [2.24, 2.45) is 5.92 Å². The highest BCUT2D eigenvalue weighted by molar-refractivity contribution is 7.93. The third kappa shape index (κ3) is 3.58. The van der Waals surface area contributed by atoms with Gasteiger partial charge in [0.25, 0.3) is 0 Å². The van der Waals surface area contributed by atoms with Gasteiger partial charge in [-0.05, 0) is 31.6 Å². The van der Waals surface area contributed by atoms with Crippen molar-refractivity contribution in [1.29, 1.82) is 0 Å². The van der Waals surface area contributed by atoms with Crippen LogP contribution in [0.15, 0.2) is 15.9 Å². The normalized spacial score (nSPS) is 23.5. The summed E-state index contributed by atoms with van der Waals surface area (Å²) in [7, 11) is -1.89. The van der Waals surface area contributed by atoms with Crippen molar-refractivity contribution in [3.63, 3.8) is 0 Å². The Hall–Kier alpha value is -0.950. The summed E-state index contributed by atoms with van der Waals surface area (Å²) in [6, 6.07) is 0.171. The number of rotatable bonds is 4. The lowest BCUT2D eigenvalue weighted by Crippen LogP contribution is -2.42. The summed E-state index contributed by atoms with van der Waals surface area (Å²) in [5, 5.41) is 1.60. The number of sulfone groups is 1. The number of amides is 1. The second-order valence-corrected chi connectivity index (χ2v) is 8.53. The lowest BCUT2D eigenvalue weighted by atomic mass is 9.87. The van der Waals surface area contributed by atoms with Gasteiger partial charge >= 0.3 is 0 Å². The van der Waals surface area contributed by atoms with Crippen LogP contribution in [0.1, 0.15) is 32.6 Å². The number of aromatic nitrogens is 1. The third-order valence-electron chi connectivity index (χ3n) is 3.92. The molecule has 0 radical (unpaired) electrons. The zero-order valence-corrected chi connectivity index (χ0v) is 13.4. The van der Waals surface area contributed by atoms with E-state index in [9.17, 15) is 13.2 Å². The van der Waals surface area contributed by atoms with Gasteiger partial charge in [0.15, 0.2) is 0 Å². The molecule has 1 heterocycles. The standard InChI is InChI=1S/C13H20N2O3S2/c1-10-3-5-11(6-4-10)15(2)12(16)9-20(17,18)13-14-7-8-19-13/h7-8,10-11H,3-6,9H2,1-2H3. The smallest absolute Gasteiger partial charge is 0.238 e. The van der Waals surface area contributed by atoms with E-state index in [2.05, 4.69) is 11.9 Å². The van der Waals surface area contributed by atoms with Gasteiger partial charge in [0.05, 0.1) is 0 Å². The van der Waals surface area contributed by atoms with E-state index in [1.54, 1.807) is 17.3 Å². The Kier molecular flexibility index (Phi) is 4.80. The first-order valence-corrected chi connectivity index (χ1v) is 9.31. The Bertz CT molecular complexity index is 546. The van der Waals surface area contributed by atoms with Crippen LogP contribution in [0.2, 0.25) is 0 Å². The molecule has 0 atom stereocenters. The fourth-order valence-electron chi connectivity index (χ4n) is 2.52. The van der Waals surface area contributed by atoms with E-state index in [4.69, 9.17) is 0 Å². The predicted molar refractivity (Wildman–Crippen MR) is 78.4 cm³/mol. The van der Waals surface area contributed by atoms with Crippen molar-refractivity contribution in [1.82, 2.24) is 9.88 Å². The van der Waals surface area contributed by atoms with Crippen molar-refractivity contribution in [2.45, 2.75) is 43.0 Å². The van der Waals surface area contributed by atoms with E-state index in [-0.39, 0.29) is 16.3 Å².